The van der Waals surface area contributed by atoms with Crippen molar-refractivity contribution in [3.05, 3.63) is 53.1 Å². The molecule has 2 aliphatic rings. The standard InChI is InChI=1S/C29H36N2O7/c1-5-30(6-2)13-8-14-31-26(19-9-11-21(36-7-3)23(17-19)35-4)25(28(33)29(31)34)27(32)20-10-12-22-24(18-20)38-16-15-37-22/h9-12,17-18,26,32H,5-8,13-16H2,1-4H3/t26-/m0/s1. The zero-order valence-electron chi connectivity index (χ0n) is 22.5. The van der Waals surface area contributed by atoms with Gasteiger partial charge in [-0.05, 0) is 68.9 Å². The maximum atomic E-state index is 13.4. The lowest BCUT2D eigenvalue weighted by Gasteiger charge is -2.27. The molecular weight excluding hydrogens is 488 g/mol. The van der Waals surface area contributed by atoms with Crippen LogP contribution in [0.3, 0.4) is 0 Å². The summed E-state index contributed by atoms with van der Waals surface area (Å²) in [5.41, 5.74) is 1.05. The van der Waals surface area contributed by atoms with E-state index in [1.54, 1.807) is 41.3 Å². The molecule has 0 spiro atoms. The fourth-order valence-corrected chi connectivity index (χ4v) is 4.94. The maximum absolute atomic E-state index is 13.4. The number of rotatable bonds is 11. The number of benzene rings is 2. The van der Waals surface area contributed by atoms with E-state index in [-0.39, 0.29) is 11.3 Å². The summed E-state index contributed by atoms with van der Waals surface area (Å²) in [5, 5.41) is 11.4. The van der Waals surface area contributed by atoms with Crippen molar-refractivity contribution in [3.8, 4) is 23.0 Å². The Balaban J connectivity index is 1.78. The molecule has 9 nitrogen and oxygen atoms in total. The average Bonchev–Trinajstić information content (AvgIpc) is 3.20. The summed E-state index contributed by atoms with van der Waals surface area (Å²) in [6.45, 7) is 10.3. The number of likely N-dealkylation sites (tertiary alicyclic amines) is 1. The predicted molar refractivity (Wildman–Crippen MR) is 143 cm³/mol. The van der Waals surface area contributed by atoms with Gasteiger partial charge in [0.2, 0.25) is 0 Å². The van der Waals surface area contributed by atoms with E-state index in [1.165, 1.54) is 7.11 Å². The number of carbonyl (C=O) groups is 2. The number of ether oxygens (including phenoxy) is 4. The van der Waals surface area contributed by atoms with E-state index in [9.17, 15) is 14.7 Å². The molecule has 204 valence electrons. The number of Topliss-reactive ketones (excluding diaryl/α,β-unsaturated/α-hetero) is 1. The smallest absolute Gasteiger partial charge is 0.295 e. The van der Waals surface area contributed by atoms with Crippen molar-refractivity contribution >= 4 is 17.4 Å². The van der Waals surface area contributed by atoms with E-state index in [1.807, 2.05) is 6.92 Å². The van der Waals surface area contributed by atoms with Gasteiger partial charge < -0.3 is 33.9 Å². The Labute approximate surface area is 223 Å². The zero-order chi connectivity index (χ0) is 27.2. The Kier molecular flexibility index (Phi) is 8.78. The molecule has 2 heterocycles. The van der Waals surface area contributed by atoms with Crippen LogP contribution in [-0.2, 0) is 9.59 Å². The van der Waals surface area contributed by atoms with Gasteiger partial charge in [-0.15, -0.1) is 0 Å². The van der Waals surface area contributed by atoms with Gasteiger partial charge in [0.1, 0.15) is 19.0 Å². The molecule has 2 aromatic carbocycles. The summed E-state index contributed by atoms with van der Waals surface area (Å²) in [5.74, 6) is 0.468. The van der Waals surface area contributed by atoms with Crippen molar-refractivity contribution in [2.45, 2.75) is 33.2 Å². The second kappa shape index (κ2) is 12.2. The molecule has 0 saturated carbocycles. The number of methoxy groups -OCH3 is 1. The van der Waals surface area contributed by atoms with Gasteiger partial charge in [-0.25, -0.2) is 0 Å². The monoisotopic (exact) mass is 524 g/mol. The molecule has 0 bridgehead atoms. The van der Waals surface area contributed by atoms with Gasteiger partial charge in [0, 0.05) is 12.1 Å². The number of carbonyl (C=O) groups excluding carboxylic acids is 2. The minimum Gasteiger partial charge on any atom is -0.507 e. The van der Waals surface area contributed by atoms with E-state index >= 15 is 0 Å². The van der Waals surface area contributed by atoms with Crippen molar-refractivity contribution < 1.29 is 33.6 Å². The van der Waals surface area contributed by atoms with E-state index in [0.717, 1.165) is 19.6 Å². The summed E-state index contributed by atoms with van der Waals surface area (Å²) in [7, 11) is 1.54. The lowest BCUT2D eigenvalue weighted by Crippen LogP contribution is -2.33. The lowest BCUT2D eigenvalue weighted by molar-refractivity contribution is -0.140. The molecule has 4 rings (SSSR count). The first-order valence-corrected chi connectivity index (χ1v) is 13.1. The summed E-state index contributed by atoms with van der Waals surface area (Å²) >= 11 is 0. The van der Waals surface area contributed by atoms with Gasteiger partial charge >= 0.3 is 0 Å². The largest absolute Gasteiger partial charge is 0.507 e. The third-order valence-corrected chi connectivity index (χ3v) is 6.93. The Hall–Kier alpha value is -3.72. The normalized spacial score (nSPS) is 18.2. The number of amides is 1. The first-order valence-electron chi connectivity index (χ1n) is 13.1. The molecule has 2 aromatic rings. The number of fused-ring (bicyclic) bond motifs is 1. The molecule has 0 aliphatic carbocycles. The SMILES string of the molecule is CCOc1ccc([C@H]2C(=C(O)c3ccc4c(c3)OCCO4)C(=O)C(=O)N2CCCN(CC)CC)cc1OC. The van der Waals surface area contributed by atoms with Crippen LogP contribution in [0.2, 0.25) is 0 Å². The Morgan fingerprint density at radius 3 is 2.45 bits per heavy atom. The third-order valence-electron chi connectivity index (χ3n) is 6.93. The van der Waals surface area contributed by atoms with Crippen molar-refractivity contribution in [2.75, 3.05) is 53.1 Å². The molecule has 1 amide bonds. The zero-order valence-corrected chi connectivity index (χ0v) is 22.5. The van der Waals surface area contributed by atoms with E-state index < -0.39 is 17.7 Å². The van der Waals surface area contributed by atoms with Gasteiger partial charge in [0.15, 0.2) is 23.0 Å². The molecule has 2 aliphatic heterocycles. The van der Waals surface area contributed by atoms with Crippen LogP contribution in [0.15, 0.2) is 42.0 Å². The van der Waals surface area contributed by atoms with Crippen LogP contribution in [0.4, 0.5) is 0 Å². The summed E-state index contributed by atoms with van der Waals surface area (Å²) in [4.78, 5) is 30.5. The fourth-order valence-electron chi connectivity index (χ4n) is 4.94. The summed E-state index contributed by atoms with van der Waals surface area (Å²) < 4.78 is 22.5. The molecule has 1 saturated heterocycles. The summed E-state index contributed by atoms with van der Waals surface area (Å²) in [6.07, 6.45) is 0.684. The third kappa shape index (κ3) is 5.43. The Morgan fingerprint density at radius 2 is 1.76 bits per heavy atom. The molecule has 0 aromatic heterocycles. The number of ketones is 1. The highest BCUT2D eigenvalue weighted by Gasteiger charge is 2.46. The predicted octanol–water partition coefficient (Wildman–Crippen LogP) is 4.02. The number of aliphatic hydroxyl groups is 1. The van der Waals surface area contributed by atoms with Crippen molar-refractivity contribution in [1.29, 1.82) is 0 Å². The molecule has 1 fully saturated rings. The molecular formula is C29H36N2O7. The second-order valence-corrected chi connectivity index (χ2v) is 9.07. The van der Waals surface area contributed by atoms with Gasteiger partial charge in [-0.3, -0.25) is 9.59 Å². The number of hydrogen-bond donors (Lipinski definition) is 1. The lowest BCUT2D eigenvalue weighted by atomic mass is 9.94. The van der Waals surface area contributed by atoms with Crippen LogP contribution < -0.4 is 18.9 Å². The minimum atomic E-state index is -0.788. The van der Waals surface area contributed by atoms with Gasteiger partial charge in [0.25, 0.3) is 11.7 Å². The van der Waals surface area contributed by atoms with Crippen LogP contribution in [0.5, 0.6) is 23.0 Å². The quantitative estimate of drug-likeness (QED) is 0.268. The van der Waals surface area contributed by atoms with E-state index in [0.29, 0.717) is 66.9 Å². The molecule has 9 heteroatoms. The topological polar surface area (TPSA) is 97.8 Å². The van der Waals surface area contributed by atoms with Gasteiger partial charge in [-0.2, -0.15) is 0 Å². The first kappa shape index (κ1) is 27.3. The number of nitrogens with zero attached hydrogens (tertiary/aromatic N) is 2. The van der Waals surface area contributed by atoms with Gasteiger partial charge in [0.05, 0.1) is 25.3 Å². The minimum absolute atomic E-state index is 0.0285. The van der Waals surface area contributed by atoms with Gasteiger partial charge in [-0.1, -0.05) is 19.9 Å². The van der Waals surface area contributed by atoms with Crippen LogP contribution in [0.1, 0.15) is 44.4 Å². The Morgan fingerprint density at radius 1 is 1.03 bits per heavy atom. The molecule has 38 heavy (non-hydrogen) atoms. The van der Waals surface area contributed by atoms with Crippen LogP contribution in [0.25, 0.3) is 5.76 Å². The molecule has 0 unspecified atom stereocenters. The van der Waals surface area contributed by atoms with Crippen molar-refractivity contribution in [2.24, 2.45) is 0 Å². The highest BCUT2D eigenvalue weighted by Crippen LogP contribution is 2.43. The van der Waals surface area contributed by atoms with Crippen LogP contribution in [0, 0.1) is 0 Å². The van der Waals surface area contributed by atoms with E-state index in [4.69, 9.17) is 18.9 Å². The van der Waals surface area contributed by atoms with Crippen molar-refractivity contribution in [3.63, 3.8) is 0 Å². The molecule has 1 N–H and O–H groups in total. The summed E-state index contributed by atoms with van der Waals surface area (Å²) in [6, 6.07) is 9.52. The van der Waals surface area contributed by atoms with Crippen LogP contribution >= 0.6 is 0 Å². The van der Waals surface area contributed by atoms with Crippen molar-refractivity contribution in [1.82, 2.24) is 9.80 Å². The van der Waals surface area contributed by atoms with E-state index in [2.05, 4.69) is 18.7 Å². The molecule has 0 radical (unpaired) electrons. The second-order valence-electron chi connectivity index (χ2n) is 9.07. The number of aliphatic hydroxyl groups excluding tert-OH is 1. The molecule has 1 atom stereocenters. The highest BCUT2D eigenvalue weighted by molar-refractivity contribution is 6.46. The van der Waals surface area contributed by atoms with Crippen LogP contribution in [-0.4, -0.2) is 79.7 Å². The Bertz CT molecular complexity index is 1210. The fraction of sp³-hybridized carbons (Fsp3) is 0.448. The maximum Gasteiger partial charge on any atom is 0.295 e. The average molecular weight is 525 g/mol. The first-order chi connectivity index (χ1) is 18.4. The number of hydrogen-bond acceptors (Lipinski definition) is 8. The highest BCUT2D eigenvalue weighted by atomic mass is 16.6.